The Morgan fingerprint density at radius 3 is 2.41 bits per heavy atom. The summed E-state index contributed by atoms with van der Waals surface area (Å²) in [6, 6.07) is 17.2. The van der Waals surface area contributed by atoms with Gasteiger partial charge in [-0.05, 0) is 48.8 Å². The molecule has 5 heteroatoms. The number of likely N-dealkylation sites (tertiary alicyclic amines) is 1. The van der Waals surface area contributed by atoms with E-state index in [9.17, 15) is 14.7 Å². The number of benzene rings is 2. The minimum absolute atomic E-state index is 0.192. The molecule has 2 aromatic carbocycles. The molecule has 5 nitrogen and oxygen atoms in total. The molecule has 1 N–H and O–H groups in total. The van der Waals surface area contributed by atoms with Gasteiger partial charge >= 0.3 is 5.97 Å². The lowest BCUT2D eigenvalue weighted by atomic mass is 9.88. The topological polar surface area (TPSA) is 66.8 Å². The van der Waals surface area contributed by atoms with Crippen LogP contribution >= 0.6 is 0 Å². The number of amides is 1. The molecule has 1 saturated heterocycles. The van der Waals surface area contributed by atoms with E-state index >= 15 is 0 Å². The summed E-state index contributed by atoms with van der Waals surface area (Å²) in [4.78, 5) is 25.7. The minimum atomic E-state index is -0.873. The molecule has 0 aromatic heterocycles. The third-order valence-electron chi connectivity index (χ3n) is 5.51. The van der Waals surface area contributed by atoms with Crippen molar-refractivity contribution in [2.45, 2.75) is 38.7 Å². The predicted molar refractivity (Wildman–Crippen MR) is 112 cm³/mol. The van der Waals surface area contributed by atoms with E-state index in [2.05, 4.69) is 0 Å². The zero-order valence-electron chi connectivity index (χ0n) is 16.8. The van der Waals surface area contributed by atoms with Crippen LogP contribution < -0.4 is 0 Å². The van der Waals surface area contributed by atoms with Gasteiger partial charge in [-0.15, -0.1) is 0 Å². The molecule has 1 fully saturated rings. The van der Waals surface area contributed by atoms with Crippen LogP contribution in [0.2, 0.25) is 0 Å². The highest BCUT2D eigenvalue weighted by Crippen LogP contribution is 2.24. The molecule has 1 aliphatic rings. The molecule has 0 radical (unpaired) electrons. The first-order chi connectivity index (χ1) is 14.1. The number of aromatic carboxylic acids is 1. The van der Waals surface area contributed by atoms with Crippen LogP contribution in [-0.2, 0) is 22.6 Å². The van der Waals surface area contributed by atoms with Gasteiger partial charge in [-0.3, -0.25) is 4.79 Å². The number of hydrogen-bond acceptors (Lipinski definition) is 3. The molecule has 1 aliphatic heterocycles. The van der Waals surface area contributed by atoms with E-state index < -0.39 is 5.97 Å². The van der Waals surface area contributed by atoms with Crippen LogP contribution in [0.15, 0.2) is 54.6 Å². The van der Waals surface area contributed by atoms with Crippen molar-refractivity contribution in [3.8, 4) is 0 Å². The highest BCUT2D eigenvalue weighted by atomic mass is 16.5. The Kier molecular flexibility index (Phi) is 7.82. The maximum Gasteiger partial charge on any atom is 0.335 e. The van der Waals surface area contributed by atoms with Crippen molar-refractivity contribution in [2.75, 3.05) is 19.7 Å². The summed E-state index contributed by atoms with van der Waals surface area (Å²) < 4.78 is 5.65. The predicted octanol–water partition coefficient (Wildman–Crippen LogP) is 4.16. The summed E-state index contributed by atoms with van der Waals surface area (Å²) in [7, 11) is 0. The van der Waals surface area contributed by atoms with Crippen molar-refractivity contribution in [3.63, 3.8) is 0 Å². The SMILES string of the molecule is O=C(O)c1ccccc1CC1CCN(C(=O)CCCOCc2ccccc2)CC1. The fraction of sp³-hybridized carbons (Fsp3) is 0.417. The van der Waals surface area contributed by atoms with Crippen LogP contribution in [0.4, 0.5) is 0 Å². The summed E-state index contributed by atoms with van der Waals surface area (Å²) in [5.41, 5.74) is 2.42. The molecule has 1 amide bonds. The van der Waals surface area contributed by atoms with Crippen molar-refractivity contribution < 1.29 is 19.4 Å². The molecular weight excluding hydrogens is 366 g/mol. The number of carboxylic acids is 1. The lowest BCUT2D eigenvalue weighted by Crippen LogP contribution is -2.39. The monoisotopic (exact) mass is 395 g/mol. The standard InChI is InChI=1S/C24H29NO4/c26-23(11-6-16-29-18-20-7-2-1-3-8-20)25-14-12-19(13-15-25)17-21-9-4-5-10-22(21)24(27)28/h1-5,7-10,19H,6,11-18H2,(H,27,28). The first kappa shape index (κ1) is 21.1. The van der Waals surface area contributed by atoms with Gasteiger partial charge < -0.3 is 14.7 Å². The molecule has 0 atom stereocenters. The second-order valence-corrected chi connectivity index (χ2v) is 7.63. The van der Waals surface area contributed by atoms with Crippen LogP contribution in [0, 0.1) is 5.92 Å². The Hall–Kier alpha value is -2.66. The Balaban J connectivity index is 1.35. The second-order valence-electron chi connectivity index (χ2n) is 7.63. The largest absolute Gasteiger partial charge is 0.478 e. The van der Waals surface area contributed by atoms with E-state index in [0.717, 1.165) is 49.9 Å². The third kappa shape index (κ3) is 6.43. The van der Waals surface area contributed by atoms with E-state index in [0.29, 0.717) is 31.1 Å². The Bertz CT molecular complexity index is 798. The average Bonchev–Trinajstić information content (AvgIpc) is 2.75. The fourth-order valence-corrected chi connectivity index (χ4v) is 3.85. The van der Waals surface area contributed by atoms with E-state index in [1.165, 1.54) is 0 Å². The lowest BCUT2D eigenvalue weighted by molar-refractivity contribution is -0.133. The Labute approximate surface area is 172 Å². The molecule has 0 aliphatic carbocycles. The van der Waals surface area contributed by atoms with Crippen molar-refractivity contribution in [1.82, 2.24) is 4.90 Å². The van der Waals surface area contributed by atoms with Gasteiger partial charge in [0.1, 0.15) is 0 Å². The fourth-order valence-electron chi connectivity index (χ4n) is 3.85. The number of ether oxygens (including phenoxy) is 1. The van der Waals surface area contributed by atoms with Gasteiger partial charge in [-0.25, -0.2) is 4.79 Å². The van der Waals surface area contributed by atoms with Gasteiger partial charge in [0.05, 0.1) is 12.2 Å². The third-order valence-corrected chi connectivity index (χ3v) is 5.51. The first-order valence-electron chi connectivity index (χ1n) is 10.3. The van der Waals surface area contributed by atoms with Crippen LogP contribution in [0.3, 0.4) is 0 Å². The summed E-state index contributed by atoms with van der Waals surface area (Å²) in [5, 5.41) is 9.33. The van der Waals surface area contributed by atoms with Crippen molar-refractivity contribution in [2.24, 2.45) is 5.92 Å². The van der Waals surface area contributed by atoms with Crippen LogP contribution in [0.5, 0.6) is 0 Å². The van der Waals surface area contributed by atoms with Gasteiger partial charge in [0.2, 0.25) is 5.91 Å². The molecule has 1 heterocycles. The molecular formula is C24H29NO4. The van der Waals surface area contributed by atoms with E-state index in [1.54, 1.807) is 12.1 Å². The molecule has 3 rings (SSSR count). The molecule has 0 saturated carbocycles. The second kappa shape index (κ2) is 10.8. The Morgan fingerprint density at radius 2 is 1.69 bits per heavy atom. The van der Waals surface area contributed by atoms with Crippen molar-refractivity contribution in [1.29, 1.82) is 0 Å². The number of carboxylic acid groups (broad SMARTS) is 1. The van der Waals surface area contributed by atoms with Gasteiger partial charge in [0, 0.05) is 26.1 Å². The molecule has 0 bridgehead atoms. The van der Waals surface area contributed by atoms with Crippen molar-refractivity contribution >= 4 is 11.9 Å². The summed E-state index contributed by atoms with van der Waals surface area (Å²) >= 11 is 0. The summed E-state index contributed by atoms with van der Waals surface area (Å²) in [5.74, 6) is -0.255. The van der Waals surface area contributed by atoms with Crippen LogP contribution in [0.25, 0.3) is 0 Å². The zero-order chi connectivity index (χ0) is 20.5. The van der Waals surface area contributed by atoms with E-state index in [1.807, 2.05) is 47.4 Å². The van der Waals surface area contributed by atoms with Gasteiger partial charge in [-0.1, -0.05) is 48.5 Å². The number of rotatable bonds is 9. The average molecular weight is 395 g/mol. The Morgan fingerprint density at radius 1 is 1.00 bits per heavy atom. The normalized spacial score (nSPS) is 14.7. The maximum atomic E-state index is 12.4. The molecule has 0 unspecified atom stereocenters. The van der Waals surface area contributed by atoms with Gasteiger partial charge in [0.25, 0.3) is 0 Å². The van der Waals surface area contributed by atoms with Gasteiger partial charge in [0.15, 0.2) is 0 Å². The van der Waals surface area contributed by atoms with Crippen LogP contribution in [-0.4, -0.2) is 41.6 Å². The van der Waals surface area contributed by atoms with E-state index in [-0.39, 0.29) is 5.91 Å². The highest BCUT2D eigenvalue weighted by molar-refractivity contribution is 5.89. The first-order valence-corrected chi connectivity index (χ1v) is 10.3. The number of nitrogens with zero attached hydrogens (tertiary/aromatic N) is 1. The number of hydrogen-bond donors (Lipinski definition) is 1. The summed E-state index contributed by atoms with van der Waals surface area (Å²) in [6.45, 7) is 2.68. The number of piperidine rings is 1. The van der Waals surface area contributed by atoms with Gasteiger partial charge in [-0.2, -0.15) is 0 Å². The minimum Gasteiger partial charge on any atom is -0.478 e. The molecule has 29 heavy (non-hydrogen) atoms. The molecule has 154 valence electrons. The molecule has 2 aromatic rings. The molecule has 0 spiro atoms. The number of carbonyl (C=O) groups excluding carboxylic acids is 1. The smallest absolute Gasteiger partial charge is 0.335 e. The zero-order valence-corrected chi connectivity index (χ0v) is 16.8. The lowest BCUT2D eigenvalue weighted by Gasteiger charge is -2.32. The van der Waals surface area contributed by atoms with Crippen molar-refractivity contribution in [3.05, 3.63) is 71.3 Å². The van der Waals surface area contributed by atoms with Crippen LogP contribution in [0.1, 0.15) is 47.2 Å². The summed E-state index contributed by atoms with van der Waals surface area (Å²) in [6.07, 6.45) is 3.85. The maximum absolute atomic E-state index is 12.4. The number of carbonyl (C=O) groups is 2. The van der Waals surface area contributed by atoms with E-state index in [4.69, 9.17) is 4.74 Å². The quantitative estimate of drug-likeness (QED) is 0.648. The highest BCUT2D eigenvalue weighted by Gasteiger charge is 2.23.